The first-order chi connectivity index (χ1) is 5.66. The van der Waals surface area contributed by atoms with Crippen LogP contribution in [0.4, 0.5) is 0 Å². The second-order valence-corrected chi connectivity index (χ2v) is 4.30. The van der Waals surface area contributed by atoms with Gasteiger partial charge in [0.1, 0.15) is 0 Å². The molecule has 0 aromatic heterocycles. The van der Waals surface area contributed by atoms with E-state index in [2.05, 4.69) is 20.8 Å². The zero-order chi connectivity index (χ0) is 9.40. The van der Waals surface area contributed by atoms with Crippen molar-refractivity contribution in [2.45, 2.75) is 52.9 Å². The van der Waals surface area contributed by atoms with Crippen molar-refractivity contribution in [1.82, 2.24) is 0 Å². The van der Waals surface area contributed by atoms with Gasteiger partial charge in [-0.2, -0.15) is 0 Å². The summed E-state index contributed by atoms with van der Waals surface area (Å²) >= 11 is 0. The molecule has 12 heavy (non-hydrogen) atoms. The Hall–Kier alpha value is -0.0400. The molecule has 0 radical (unpaired) electrons. The molecule has 0 saturated carbocycles. The first kappa shape index (κ1) is 12.0. The van der Waals surface area contributed by atoms with Gasteiger partial charge in [0, 0.05) is 6.61 Å². The summed E-state index contributed by atoms with van der Waals surface area (Å²) < 4.78 is 0. The fourth-order valence-electron chi connectivity index (χ4n) is 1.46. The molecule has 0 bridgehead atoms. The van der Waals surface area contributed by atoms with Crippen molar-refractivity contribution in [3.63, 3.8) is 0 Å². The van der Waals surface area contributed by atoms with E-state index in [9.17, 15) is 0 Å². The molecule has 0 rings (SSSR count). The molecule has 74 valence electrons. The van der Waals surface area contributed by atoms with E-state index in [-0.39, 0.29) is 0 Å². The molecule has 1 nitrogen and oxygen atoms in total. The quantitative estimate of drug-likeness (QED) is 0.625. The Morgan fingerprint density at radius 3 is 2.00 bits per heavy atom. The lowest BCUT2D eigenvalue weighted by Crippen LogP contribution is -1.98. The molecule has 0 aliphatic rings. The first-order valence-corrected chi connectivity index (χ1v) is 5.27. The zero-order valence-electron chi connectivity index (χ0n) is 8.84. The second kappa shape index (κ2) is 7.60. The highest BCUT2D eigenvalue weighted by Crippen LogP contribution is 2.15. The maximum atomic E-state index is 8.63. The van der Waals surface area contributed by atoms with E-state index in [1.54, 1.807) is 0 Å². The SMILES string of the molecule is CC(C)CCC[C@H](C)CCCO. The highest BCUT2D eigenvalue weighted by molar-refractivity contribution is 4.55. The van der Waals surface area contributed by atoms with Crippen LogP contribution in [0.3, 0.4) is 0 Å². The molecule has 1 atom stereocenters. The Kier molecular flexibility index (Phi) is 7.58. The minimum Gasteiger partial charge on any atom is -0.396 e. The van der Waals surface area contributed by atoms with Gasteiger partial charge in [-0.15, -0.1) is 0 Å². The van der Waals surface area contributed by atoms with Gasteiger partial charge >= 0.3 is 0 Å². The molecular weight excluding hydrogens is 148 g/mol. The Morgan fingerprint density at radius 2 is 1.50 bits per heavy atom. The molecule has 0 spiro atoms. The number of hydrogen-bond donors (Lipinski definition) is 1. The summed E-state index contributed by atoms with van der Waals surface area (Å²) in [5, 5.41) is 8.63. The van der Waals surface area contributed by atoms with Crippen LogP contribution in [0.2, 0.25) is 0 Å². The number of hydrogen-bond acceptors (Lipinski definition) is 1. The topological polar surface area (TPSA) is 20.2 Å². The molecule has 0 amide bonds. The fourth-order valence-corrected chi connectivity index (χ4v) is 1.46. The fraction of sp³-hybridized carbons (Fsp3) is 1.00. The Balaban J connectivity index is 3.13. The van der Waals surface area contributed by atoms with Crippen LogP contribution in [0.5, 0.6) is 0 Å². The third kappa shape index (κ3) is 8.06. The van der Waals surface area contributed by atoms with Crippen molar-refractivity contribution in [3.05, 3.63) is 0 Å². The predicted molar refractivity (Wildman–Crippen MR) is 54.2 cm³/mol. The highest BCUT2D eigenvalue weighted by atomic mass is 16.2. The van der Waals surface area contributed by atoms with E-state index in [1.165, 1.54) is 25.7 Å². The Morgan fingerprint density at radius 1 is 0.917 bits per heavy atom. The highest BCUT2D eigenvalue weighted by Gasteiger charge is 2.02. The van der Waals surface area contributed by atoms with Gasteiger partial charge in [0.05, 0.1) is 0 Å². The summed E-state index contributed by atoms with van der Waals surface area (Å²) in [6.07, 6.45) is 6.20. The van der Waals surface area contributed by atoms with E-state index in [4.69, 9.17) is 5.11 Å². The molecule has 0 aromatic rings. The maximum absolute atomic E-state index is 8.63. The maximum Gasteiger partial charge on any atom is 0.0431 e. The van der Waals surface area contributed by atoms with Crippen LogP contribution >= 0.6 is 0 Å². The third-order valence-corrected chi connectivity index (χ3v) is 2.33. The average molecular weight is 172 g/mol. The van der Waals surface area contributed by atoms with Crippen molar-refractivity contribution in [3.8, 4) is 0 Å². The predicted octanol–water partition coefficient (Wildman–Crippen LogP) is 3.22. The van der Waals surface area contributed by atoms with Gasteiger partial charge in [0.25, 0.3) is 0 Å². The summed E-state index contributed by atoms with van der Waals surface area (Å²) in [5.74, 6) is 1.64. The Labute approximate surface area is 77.2 Å². The normalized spacial score (nSPS) is 13.8. The molecule has 0 heterocycles. The average Bonchev–Trinajstić information content (AvgIpc) is 2.00. The van der Waals surface area contributed by atoms with Crippen molar-refractivity contribution >= 4 is 0 Å². The molecule has 0 saturated heterocycles. The van der Waals surface area contributed by atoms with Crippen LogP contribution in [0.15, 0.2) is 0 Å². The summed E-state index contributed by atoms with van der Waals surface area (Å²) in [5.41, 5.74) is 0. The largest absolute Gasteiger partial charge is 0.396 e. The summed E-state index contributed by atoms with van der Waals surface area (Å²) in [4.78, 5) is 0. The van der Waals surface area contributed by atoms with E-state index in [0.29, 0.717) is 6.61 Å². The molecule has 1 heteroatoms. The molecule has 1 N–H and O–H groups in total. The summed E-state index contributed by atoms with van der Waals surface area (Å²) in [6.45, 7) is 7.20. The van der Waals surface area contributed by atoms with Gasteiger partial charge in [-0.05, 0) is 24.7 Å². The van der Waals surface area contributed by atoms with Crippen molar-refractivity contribution in [1.29, 1.82) is 0 Å². The van der Waals surface area contributed by atoms with Crippen molar-refractivity contribution < 1.29 is 5.11 Å². The van der Waals surface area contributed by atoms with E-state index < -0.39 is 0 Å². The van der Waals surface area contributed by atoms with Crippen molar-refractivity contribution in [2.75, 3.05) is 6.61 Å². The minimum absolute atomic E-state index is 0.356. The third-order valence-electron chi connectivity index (χ3n) is 2.33. The lowest BCUT2D eigenvalue weighted by Gasteiger charge is -2.10. The van der Waals surface area contributed by atoms with Gasteiger partial charge in [0.2, 0.25) is 0 Å². The first-order valence-electron chi connectivity index (χ1n) is 5.27. The van der Waals surface area contributed by atoms with Gasteiger partial charge < -0.3 is 5.11 Å². The van der Waals surface area contributed by atoms with Gasteiger partial charge in [-0.3, -0.25) is 0 Å². The Bertz CT molecular complexity index is 89.0. The van der Waals surface area contributed by atoms with Crippen LogP contribution in [-0.4, -0.2) is 11.7 Å². The lowest BCUT2D eigenvalue weighted by molar-refractivity contribution is 0.270. The number of rotatable bonds is 7. The molecular formula is C11H24O. The van der Waals surface area contributed by atoms with Gasteiger partial charge in [-0.25, -0.2) is 0 Å². The van der Waals surface area contributed by atoms with Crippen LogP contribution in [-0.2, 0) is 0 Å². The minimum atomic E-state index is 0.356. The lowest BCUT2D eigenvalue weighted by atomic mass is 9.96. The van der Waals surface area contributed by atoms with Crippen LogP contribution < -0.4 is 0 Å². The summed E-state index contributed by atoms with van der Waals surface area (Å²) in [7, 11) is 0. The van der Waals surface area contributed by atoms with Crippen molar-refractivity contribution in [2.24, 2.45) is 11.8 Å². The number of aliphatic hydroxyl groups excluding tert-OH is 1. The molecule has 0 unspecified atom stereocenters. The van der Waals surface area contributed by atoms with Crippen LogP contribution in [0.25, 0.3) is 0 Å². The molecule has 0 aliphatic carbocycles. The summed E-state index contributed by atoms with van der Waals surface area (Å²) in [6, 6.07) is 0. The van der Waals surface area contributed by atoms with Crippen LogP contribution in [0, 0.1) is 11.8 Å². The van der Waals surface area contributed by atoms with E-state index in [0.717, 1.165) is 18.3 Å². The second-order valence-electron chi connectivity index (χ2n) is 4.30. The van der Waals surface area contributed by atoms with E-state index in [1.807, 2.05) is 0 Å². The standard InChI is InChI=1S/C11H24O/c1-10(2)6-4-7-11(3)8-5-9-12/h10-12H,4-9H2,1-3H3/t11-/m0/s1. The molecule has 0 aliphatic heterocycles. The van der Waals surface area contributed by atoms with Gasteiger partial charge in [0.15, 0.2) is 0 Å². The van der Waals surface area contributed by atoms with Gasteiger partial charge in [-0.1, -0.05) is 40.0 Å². The van der Waals surface area contributed by atoms with Crippen LogP contribution in [0.1, 0.15) is 52.9 Å². The zero-order valence-corrected chi connectivity index (χ0v) is 8.84. The van der Waals surface area contributed by atoms with E-state index >= 15 is 0 Å². The molecule has 0 fully saturated rings. The monoisotopic (exact) mass is 172 g/mol. The smallest absolute Gasteiger partial charge is 0.0431 e. The molecule has 0 aromatic carbocycles. The number of aliphatic hydroxyl groups is 1.